The largest absolute Gasteiger partial charge is 0.340 e. The van der Waals surface area contributed by atoms with Crippen LogP contribution in [0.25, 0.3) is 0 Å². The van der Waals surface area contributed by atoms with Crippen LogP contribution < -0.4 is 17.1 Å². The van der Waals surface area contributed by atoms with Gasteiger partial charge in [0.1, 0.15) is 0 Å². The molecule has 0 aliphatic heterocycles. The van der Waals surface area contributed by atoms with Gasteiger partial charge in [-0.15, -0.1) is 14.7 Å². The Kier molecular flexibility index (Phi) is 12.9. The summed E-state index contributed by atoms with van der Waals surface area (Å²) in [4.78, 5) is 74.4. The van der Waals surface area contributed by atoms with E-state index >= 15 is 0 Å². The molecule has 1 aromatic heterocycles. The van der Waals surface area contributed by atoms with Crippen molar-refractivity contribution < 1.29 is 0 Å². The second-order valence-electron chi connectivity index (χ2n) is 8.20. The van der Waals surface area contributed by atoms with Gasteiger partial charge in [-0.3, -0.25) is 0 Å². The van der Waals surface area contributed by atoms with E-state index in [1.165, 1.54) is 0 Å². The van der Waals surface area contributed by atoms with Crippen LogP contribution in [-0.4, -0.2) is 13.7 Å². The van der Waals surface area contributed by atoms with E-state index in [-0.39, 0.29) is 19.3 Å². The molecule has 0 aliphatic carbocycles. The fraction of sp³-hybridized carbons (Fsp3) is 0.857. The summed E-state index contributed by atoms with van der Waals surface area (Å²) in [6, 6.07) is 0. The maximum atomic E-state index is 13.2. The molecule has 1 heterocycles. The van der Waals surface area contributed by atoms with E-state index in [4.69, 9.17) is 0 Å². The third kappa shape index (κ3) is 7.36. The van der Waals surface area contributed by atoms with Crippen molar-refractivity contribution in [2.24, 2.45) is 15.5 Å². The van der Waals surface area contributed by atoms with Gasteiger partial charge in [-0.1, -0.05) is 59.3 Å². The topological polar surface area (TPSA) is 154 Å². The molecule has 0 saturated heterocycles. The van der Waals surface area contributed by atoms with E-state index in [2.05, 4.69) is 15.5 Å². The zero-order valence-electron chi connectivity index (χ0n) is 19.9. The summed E-state index contributed by atoms with van der Waals surface area (Å²) >= 11 is 0. The Morgan fingerprint density at radius 3 is 0.939 bits per heavy atom. The third-order valence-corrected chi connectivity index (χ3v) is 5.69. The van der Waals surface area contributed by atoms with Gasteiger partial charge in [0.2, 0.25) is 0 Å². The number of unbranched alkanes of at least 4 members (excludes halogenated alkanes) is 6. The Morgan fingerprint density at radius 1 is 0.515 bits per heavy atom. The quantitative estimate of drug-likeness (QED) is 0.224. The number of hydrogen-bond donors (Lipinski definition) is 0. The number of hydrogen-bond acceptors (Lipinski definition) is 9. The molecule has 186 valence electrons. The summed E-state index contributed by atoms with van der Waals surface area (Å²) < 4.78 is 1.71. The second-order valence-corrected chi connectivity index (χ2v) is 8.20. The lowest BCUT2D eigenvalue weighted by Crippen LogP contribution is -2.56. The number of nitroso groups, excluding NO2 is 3. The minimum atomic E-state index is -1.37. The molecular weight excluding hydrogens is 432 g/mol. The van der Waals surface area contributed by atoms with Crippen molar-refractivity contribution in [3.63, 3.8) is 0 Å². The molecule has 0 N–H and O–H groups in total. The molecule has 0 fully saturated rings. The molecule has 0 radical (unpaired) electrons. The fourth-order valence-corrected chi connectivity index (χ4v) is 3.78. The summed E-state index contributed by atoms with van der Waals surface area (Å²) in [5.74, 6) is 0. The Morgan fingerprint density at radius 2 is 0.758 bits per heavy atom. The number of aromatic nitrogens is 3. The molecule has 0 bridgehead atoms. The zero-order chi connectivity index (χ0) is 24.8. The Balaban J connectivity index is 3.75. The summed E-state index contributed by atoms with van der Waals surface area (Å²) in [5.41, 5.74) is -3.37. The summed E-state index contributed by atoms with van der Waals surface area (Å²) in [7, 11) is 0. The van der Waals surface area contributed by atoms with E-state index < -0.39 is 35.6 Å². The van der Waals surface area contributed by atoms with E-state index in [1.807, 2.05) is 20.8 Å². The second kappa shape index (κ2) is 15.1. The van der Waals surface area contributed by atoms with Crippen LogP contribution in [0.15, 0.2) is 29.9 Å². The van der Waals surface area contributed by atoms with E-state index in [1.54, 1.807) is 0 Å². The maximum absolute atomic E-state index is 13.2. The highest BCUT2D eigenvalue weighted by molar-refractivity contribution is 4.88. The molecule has 0 aromatic carbocycles. The van der Waals surface area contributed by atoms with Gasteiger partial charge in [0, 0.05) is 0 Å². The van der Waals surface area contributed by atoms with Crippen LogP contribution >= 0.6 is 0 Å². The first-order chi connectivity index (χ1) is 15.9. The molecule has 0 saturated carbocycles. The zero-order valence-corrected chi connectivity index (χ0v) is 19.9. The normalized spacial score (nSPS) is 13.9. The minimum absolute atomic E-state index is 0.106. The fourth-order valence-electron chi connectivity index (χ4n) is 3.78. The molecule has 1 aromatic rings. The smallest absolute Gasteiger partial charge is 0.247 e. The van der Waals surface area contributed by atoms with Gasteiger partial charge in [0.05, 0.1) is 0 Å². The van der Waals surface area contributed by atoms with Gasteiger partial charge >= 0.3 is 17.1 Å². The first-order valence-electron chi connectivity index (χ1n) is 11.9. The standard InChI is InChI=1S/C21H36N6O6/c1-4-7-10-13-16(22-31)25-19(28)26(17(23-32)14-11-8-5-2)21(30)27(20(25)29)18(24-33)15-12-9-6-3/h16-18H,4-15H2,1-3H3. The molecule has 33 heavy (non-hydrogen) atoms. The van der Waals surface area contributed by atoms with Crippen LogP contribution in [0, 0.1) is 14.7 Å². The highest BCUT2D eigenvalue weighted by Gasteiger charge is 2.29. The Labute approximate surface area is 192 Å². The predicted octanol–water partition coefficient (Wildman–Crippen LogP) is 4.71. The summed E-state index contributed by atoms with van der Waals surface area (Å²) in [5, 5.41) is 8.85. The van der Waals surface area contributed by atoms with Gasteiger partial charge in [0.25, 0.3) is 0 Å². The summed E-state index contributed by atoms with van der Waals surface area (Å²) in [6.45, 7) is 5.86. The monoisotopic (exact) mass is 468 g/mol. The lowest BCUT2D eigenvalue weighted by molar-refractivity contribution is 0.308. The molecule has 0 aliphatic rings. The molecule has 3 atom stereocenters. The lowest BCUT2D eigenvalue weighted by Gasteiger charge is -2.21. The molecule has 12 heteroatoms. The van der Waals surface area contributed by atoms with E-state index in [9.17, 15) is 29.1 Å². The highest BCUT2D eigenvalue weighted by atomic mass is 16.3. The van der Waals surface area contributed by atoms with Gasteiger partial charge in [-0.05, 0) is 54.1 Å². The van der Waals surface area contributed by atoms with Crippen LogP contribution in [0.1, 0.15) is 116 Å². The highest BCUT2D eigenvalue weighted by Crippen LogP contribution is 2.18. The van der Waals surface area contributed by atoms with Crippen LogP contribution in [0.3, 0.4) is 0 Å². The molecule has 1 rings (SSSR count). The predicted molar refractivity (Wildman–Crippen MR) is 126 cm³/mol. The minimum Gasteiger partial charge on any atom is -0.247 e. The number of rotatable bonds is 18. The van der Waals surface area contributed by atoms with Gasteiger partial charge in [-0.2, -0.15) is 0 Å². The first-order valence-corrected chi connectivity index (χ1v) is 11.9. The van der Waals surface area contributed by atoms with E-state index in [0.717, 1.165) is 38.5 Å². The first kappa shape index (κ1) is 28.2. The van der Waals surface area contributed by atoms with Gasteiger partial charge in [0.15, 0.2) is 18.5 Å². The van der Waals surface area contributed by atoms with Crippen molar-refractivity contribution in [3.05, 3.63) is 46.2 Å². The van der Waals surface area contributed by atoms with Crippen molar-refractivity contribution >= 4 is 0 Å². The van der Waals surface area contributed by atoms with Crippen LogP contribution in [0.2, 0.25) is 0 Å². The van der Waals surface area contributed by atoms with E-state index in [0.29, 0.717) is 33.0 Å². The average molecular weight is 469 g/mol. The number of nitrogens with zero attached hydrogens (tertiary/aromatic N) is 6. The van der Waals surface area contributed by atoms with Crippen LogP contribution in [0.5, 0.6) is 0 Å². The molecule has 12 nitrogen and oxygen atoms in total. The summed E-state index contributed by atoms with van der Waals surface area (Å²) in [6.07, 6.45) is 2.54. The van der Waals surface area contributed by atoms with Crippen LogP contribution in [-0.2, 0) is 0 Å². The average Bonchev–Trinajstić information content (AvgIpc) is 2.81. The van der Waals surface area contributed by atoms with Crippen molar-refractivity contribution in [1.82, 2.24) is 13.7 Å². The third-order valence-electron chi connectivity index (χ3n) is 5.69. The van der Waals surface area contributed by atoms with Crippen molar-refractivity contribution in [1.29, 1.82) is 0 Å². The molecule has 0 amide bonds. The lowest BCUT2D eigenvalue weighted by atomic mass is 10.1. The molecular formula is C21H36N6O6. The Bertz CT molecular complexity index is 787. The van der Waals surface area contributed by atoms with Crippen molar-refractivity contribution in [2.75, 3.05) is 0 Å². The molecule has 3 unspecified atom stereocenters. The SMILES string of the molecule is CCCCCC(N=O)n1c(=O)n(C(CCCCC)N=O)c(=O)n(C(CCCCC)N=O)c1=O. The maximum Gasteiger partial charge on any atom is 0.340 e. The van der Waals surface area contributed by atoms with Gasteiger partial charge in [-0.25, -0.2) is 28.1 Å². The van der Waals surface area contributed by atoms with Crippen molar-refractivity contribution in [2.45, 2.75) is 116 Å². The molecule has 0 spiro atoms. The Hall–Kier alpha value is -2.79. The van der Waals surface area contributed by atoms with Crippen molar-refractivity contribution in [3.8, 4) is 0 Å². The van der Waals surface area contributed by atoms with Crippen LogP contribution in [0.4, 0.5) is 0 Å². The van der Waals surface area contributed by atoms with Gasteiger partial charge < -0.3 is 0 Å².